The minimum atomic E-state index is -0.117. The third kappa shape index (κ3) is 3.80. The first-order valence-electron chi connectivity index (χ1n) is 8.21. The van der Waals surface area contributed by atoms with Crippen LogP contribution in [0.5, 0.6) is 0 Å². The summed E-state index contributed by atoms with van der Waals surface area (Å²) in [6.07, 6.45) is 4.74. The molecule has 0 aromatic carbocycles. The smallest absolute Gasteiger partial charge is 0.230 e. The maximum Gasteiger partial charge on any atom is 0.230 e. The molecule has 1 amide bonds. The van der Waals surface area contributed by atoms with Gasteiger partial charge in [0.25, 0.3) is 0 Å². The van der Waals surface area contributed by atoms with Gasteiger partial charge in [0.2, 0.25) is 5.91 Å². The Labute approximate surface area is 141 Å². The Morgan fingerprint density at radius 3 is 2.96 bits per heavy atom. The number of anilines is 1. The molecule has 0 unspecified atom stereocenters. The molecule has 1 fully saturated rings. The Kier molecular flexibility index (Phi) is 4.61. The molecule has 0 spiro atoms. The van der Waals surface area contributed by atoms with Gasteiger partial charge in [-0.25, -0.2) is 4.98 Å². The summed E-state index contributed by atoms with van der Waals surface area (Å²) in [4.78, 5) is 16.5. The van der Waals surface area contributed by atoms with Crippen molar-refractivity contribution in [1.82, 2.24) is 14.8 Å². The highest BCUT2D eigenvalue weighted by Crippen LogP contribution is 2.31. The Morgan fingerprint density at radius 1 is 1.46 bits per heavy atom. The van der Waals surface area contributed by atoms with E-state index in [1.807, 2.05) is 18.5 Å². The van der Waals surface area contributed by atoms with Crippen LogP contribution in [-0.2, 0) is 24.2 Å². The van der Waals surface area contributed by atoms with E-state index in [1.165, 1.54) is 12.8 Å². The molecule has 0 radical (unpaired) electrons. The van der Waals surface area contributed by atoms with Crippen LogP contribution >= 0.6 is 0 Å². The predicted octanol–water partition coefficient (Wildman–Crippen LogP) is 2.55. The highest BCUT2D eigenvalue weighted by atomic mass is 16.1. The molecule has 1 aliphatic carbocycles. The fourth-order valence-corrected chi connectivity index (χ4v) is 2.80. The van der Waals surface area contributed by atoms with Crippen LogP contribution in [0.2, 0.25) is 0 Å². The second-order valence-electron chi connectivity index (χ2n) is 6.38. The van der Waals surface area contributed by atoms with Gasteiger partial charge in [0.1, 0.15) is 5.82 Å². The Hall–Kier alpha value is -2.68. The van der Waals surface area contributed by atoms with Gasteiger partial charge in [-0.2, -0.15) is 10.4 Å². The number of rotatable bonds is 6. The molecule has 2 heterocycles. The van der Waals surface area contributed by atoms with E-state index in [2.05, 4.69) is 21.5 Å². The maximum absolute atomic E-state index is 12.3. The Bertz CT molecular complexity index is 798. The van der Waals surface area contributed by atoms with Crippen molar-refractivity contribution in [2.75, 3.05) is 5.32 Å². The van der Waals surface area contributed by atoms with Crippen molar-refractivity contribution in [2.24, 2.45) is 5.92 Å². The molecule has 3 rings (SSSR count). The lowest BCUT2D eigenvalue weighted by atomic mass is 10.1. The van der Waals surface area contributed by atoms with Gasteiger partial charge in [-0.1, -0.05) is 0 Å². The molecule has 124 valence electrons. The second-order valence-corrected chi connectivity index (χ2v) is 6.38. The van der Waals surface area contributed by atoms with Crippen molar-refractivity contribution in [3.8, 4) is 6.07 Å². The topological polar surface area (TPSA) is 83.6 Å². The summed E-state index contributed by atoms with van der Waals surface area (Å²) in [5.41, 5.74) is 3.81. The first-order valence-corrected chi connectivity index (χ1v) is 8.21. The van der Waals surface area contributed by atoms with E-state index in [0.29, 0.717) is 12.2 Å². The molecule has 1 saturated carbocycles. The summed E-state index contributed by atoms with van der Waals surface area (Å²) in [7, 11) is 0. The number of hydrogen-bond donors (Lipinski definition) is 1. The standard InChI is InChI=1S/C18H21N5O/c1-12-16(13(2)23(22-12)11-15-3-4-15)10-18(24)21-17-9-14(5-7-19)6-8-20-17/h6,8-9,15H,3-5,10-11H2,1-2H3,(H,20,21,24). The van der Waals surface area contributed by atoms with Crippen LogP contribution in [0.1, 0.15) is 35.4 Å². The first-order chi connectivity index (χ1) is 11.6. The van der Waals surface area contributed by atoms with Crippen molar-refractivity contribution in [2.45, 2.75) is 46.1 Å². The monoisotopic (exact) mass is 323 g/mol. The lowest BCUT2D eigenvalue weighted by molar-refractivity contribution is -0.115. The zero-order valence-electron chi connectivity index (χ0n) is 14.0. The molecular formula is C18H21N5O. The van der Waals surface area contributed by atoms with E-state index >= 15 is 0 Å². The molecule has 0 saturated heterocycles. The number of carbonyl (C=O) groups excluding carboxylic acids is 1. The molecule has 0 aliphatic heterocycles. The van der Waals surface area contributed by atoms with Crippen molar-refractivity contribution in [1.29, 1.82) is 5.26 Å². The lowest BCUT2D eigenvalue weighted by Crippen LogP contribution is -2.16. The van der Waals surface area contributed by atoms with Gasteiger partial charge in [-0.3, -0.25) is 9.48 Å². The zero-order valence-corrected chi connectivity index (χ0v) is 14.0. The van der Waals surface area contributed by atoms with Crippen LogP contribution in [0.4, 0.5) is 5.82 Å². The number of nitriles is 1. The Balaban J connectivity index is 1.67. The van der Waals surface area contributed by atoms with E-state index in [9.17, 15) is 4.79 Å². The van der Waals surface area contributed by atoms with Gasteiger partial charge >= 0.3 is 0 Å². The van der Waals surface area contributed by atoms with Gasteiger partial charge in [-0.15, -0.1) is 0 Å². The highest BCUT2D eigenvalue weighted by Gasteiger charge is 2.24. The van der Waals surface area contributed by atoms with Crippen LogP contribution in [0.3, 0.4) is 0 Å². The summed E-state index contributed by atoms with van der Waals surface area (Å²) < 4.78 is 2.03. The van der Waals surface area contributed by atoms with E-state index < -0.39 is 0 Å². The third-order valence-corrected chi connectivity index (χ3v) is 4.37. The molecule has 6 nitrogen and oxygen atoms in total. The van der Waals surface area contributed by atoms with Crippen LogP contribution < -0.4 is 5.32 Å². The van der Waals surface area contributed by atoms with E-state index in [0.717, 1.165) is 35.0 Å². The quantitative estimate of drug-likeness (QED) is 0.885. The third-order valence-electron chi connectivity index (χ3n) is 4.37. The minimum Gasteiger partial charge on any atom is -0.310 e. The maximum atomic E-state index is 12.3. The van der Waals surface area contributed by atoms with Crippen molar-refractivity contribution < 1.29 is 4.79 Å². The van der Waals surface area contributed by atoms with Gasteiger partial charge < -0.3 is 5.32 Å². The number of aryl methyl sites for hydroxylation is 1. The summed E-state index contributed by atoms with van der Waals surface area (Å²) in [6, 6.07) is 5.60. The minimum absolute atomic E-state index is 0.117. The highest BCUT2D eigenvalue weighted by molar-refractivity contribution is 5.91. The van der Waals surface area contributed by atoms with E-state index in [4.69, 9.17) is 5.26 Å². The molecular weight excluding hydrogens is 302 g/mol. The summed E-state index contributed by atoms with van der Waals surface area (Å²) >= 11 is 0. The van der Waals surface area contributed by atoms with Crippen LogP contribution in [0, 0.1) is 31.1 Å². The predicted molar refractivity (Wildman–Crippen MR) is 90.3 cm³/mol. The molecule has 1 aliphatic rings. The normalized spacial score (nSPS) is 13.5. The molecule has 1 N–H and O–H groups in total. The zero-order chi connectivity index (χ0) is 17.1. The van der Waals surface area contributed by atoms with Crippen LogP contribution in [-0.4, -0.2) is 20.7 Å². The molecule has 2 aromatic rings. The molecule has 24 heavy (non-hydrogen) atoms. The average Bonchev–Trinajstić information content (AvgIpc) is 3.31. The van der Waals surface area contributed by atoms with Crippen LogP contribution in [0.15, 0.2) is 18.3 Å². The molecule has 0 bridgehead atoms. The van der Waals surface area contributed by atoms with Gasteiger partial charge in [-0.05, 0) is 50.3 Å². The number of pyridine rings is 1. The van der Waals surface area contributed by atoms with Gasteiger partial charge in [0.05, 0.1) is 24.6 Å². The molecule has 6 heteroatoms. The summed E-state index contributed by atoms with van der Waals surface area (Å²) in [5.74, 6) is 1.11. The number of aromatic nitrogens is 3. The number of nitrogens with one attached hydrogen (secondary N) is 1. The van der Waals surface area contributed by atoms with Gasteiger partial charge in [0, 0.05) is 24.0 Å². The number of carbonyl (C=O) groups is 1. The number of nitrogens with zero attached hydrogens (tertiary/aromatic N) is 4. The average molecular weight is 323 g/mol. The van der Waals surface area contributed by atoms with Crippen molar-refractivity contribution in [3.05, 3.63) is 40.8 Å². The largest absolute Gasteiger partial charge is 0.310 e. The van der Waals surface area contributed by atoms with Crippen LogP contribution in [0.25, 0.3) is 0 Å². The second kappa shape index (κ2) is 6.83. The number of amides is 1. The summed E-state index contributed by atoms with van der Waals surface area (Å²) in [6.45, 7) is 4.92. The molecule has 2 aromatic heterocycles. The summed E-state index contributed by atoms with van der Waals surface area (Å²) in [5, 5.41) is 16.1. The number of hydrogen-bond acceptors (Lipinski definition) is 4. The van der Waals surface area contributed by atoms with Gasteiger partial charge in [0.15, 0.2) is 0 Å². The SMILES string of the molecule is Cc1nn(CC2CC2)c(C)c1CC(=O)Nc1cc(CC#N)ccn1. The van der Waals surface area contributed by atoms with Crippen molar-refractivity contribution >= 4 is 11.7 Å². The van der Waals surface area contributed by atoms with E-state index in [1.54, 1.807) is 18.3 Å². The van der Waals surface area contributed by atoms with Crippen molar-refractivity contribution in [3.63, 3.8) is 0 Å². The Morgan fingerprint density at radius 2 is 2.25 bits per heavy atom. The fraction of sp³-hybridized carbons (Fsp3) is 0.444. The fourth-order valence-electron chi connectivity index (χ4n) is 2.80. The molecule has 0 atom stereocenters. The first kappa shape index (κ1) is 16.2. The van der Waals surface area contributed by atoms with E-state index in [-0.39, 0.29) is 12.3 Å². The lowest BCUT2D eigenvalue weighted by Gasteiger charge is -2.07.